The highest BCUT2D eigenvalue weighted by Gasteiger charge is 2.12. The smallest absolute Gasteiger partial charge is 0.354 e. The number of aromatic nitrogens is 1. The largest absolute Gasteiger partial charge is 0.477 e. The molecule has 6 heteroatoms. The summed E-state index contributed by atoms with van der Waals surface area (Å²) in [7, 11) is 0. The molecule has 0 aliphatic rings. The third kappa shape index (κ3) is 1.81. The Bertz CT molecular complexity index is 538. The summed E-state index contributed by atoms with van der Waals surface area (Å²) in [5, 5.41) is 9.78. The summed E-state index contributed by atoms with van der Waals surface area (Å²) >= 11 is 7.30. The highest BCUT2D eigenvalue weighted by atomic mass is 35.5. The van der Waals surface area contributed by atoms with E-state index in [1.807, 2.05) is 6.07 Å². The third-order valence-electron chi connectivity index (χ3n) is 1.93. The number of carbonyl (C=O) groups is 1. The first kappa shape index (κ1) is 10.4. The molecule has 2 aromatic heterocycles. The molecule has 0 radical (unpaired) electrons. The topological polar surface area (TPSA) is 76.2 Å². The first-order valence-corrected chi connectivity index (χ1v) is 5.33. The number of thiophene rings is 1. The molecule has 2 aromatic rings. The number of rotatable bonds is 2. The summed E-state index contributed by atoms with van der Waals surface area (Å²) in [6.45, 7) is 0.415. The Morgan fingerprint density at radius 2 is 2.33 bits per heavy atom. The van der Waals surface area contributed by atoms with Crippen LogP contribution in [0, 0.1) is 0 Å². The van der Waals surface area contributed by atoms with Crippen molar-refractivity contribution in [2.75, 3.05) is 0 Å². The minimum absolute atomic E-state index is 0.0473. The summed E-state index contributed by atoms with van der Waals surface area (Å²) in [5.74, 6) is -1.08. The zero-order valence-electron chi connectivity index (χ0n) is 7.53. The highest BCUT2D eigenvalue weighted by molar-refractivity contribution is 7.19. The van der Waals surface area contributed by atoms with Crippen molar-refractivity contribution in [3.05, 3.63) is 27.9 Å². The number of aromatic carboxylic acids is 1. The van der Waals surface area contributed by atoms with E-state index in [0.29, 0.717) is 6.54 Å². The maximum atomic E-state index is 10.7. The van der Waals surface area contributed by atoms with Crippen molar-refractivity contribution in [1.82, 2.24) is 4.98 Å². The van der Waals surface area contributed by atoms with Crippen LogP contribution in [0.2, 0.25) is 5.15 Å². The molecule has 4 nitrogen and oxygen atoms in total. The van der Waals surface area contributed by atoms with E-state index >= 15 is 0 Å². The van der Waals surface area contributed by atoms with Gasteiger partial charge in [-0.2, -0.15) is 0 Å². The molecule has 2 rings (SSSR count). The second-order valence-corrected chi connectivity index (χ2v) is 4.43. The number of carboxylic acids is 1. The van der Waals surface area contributed by atoms with Gasteiger partial charge in [0.2, 0.25) is 0 Å². The molecule has 0 saturated carbocycles. The van der Waals surface area contributed by atoms with Crippen LogP contribution in [0.4, 0.5) is 0 Å². The normalized spacial score (nSPS) is 10.8. The number of pyridine rings is 1. The minimum Gasteiger partial charge on any atom is -0.477 e. The zero-order valence-corrected chi connectivity index (χ0v) is 9.10. The second-order valence-electron chi connectivity index (χ2n) is 2.94. The molecule has 0 amide bonds. The van der Waals surface area contributed by atoms with Crippen LogP contribution >= 0.6 is 22.9 Å². The maximum absolute atomic E-state index is 10.7. The molecule has 0 saturated heterocycles. The number of nitrogens with zero attached hydrogens (tertiary/aromatic N) is 1. The van der Waals surface area contributed by atoms with E-state index in [1.165, 1.54) is 17.4 Å². The molecular formula is C9H7ClN2O2S. The molecule has 2 heterocycles. The predicted molar refractivity (Wildman–Crippen MR) is 59.5 cm³/mol. The number of nitrogens with two attached hydrogens (primary N) is 1. The number of hydrogen-bond acceptors (Lipinski definition) is 4. The Morgan fingerprint density at radius 1 is 1.60 bits per heavy atom. The van der Waals surface area contributed by atoms with Crippen LogP contribution < -0.4 is 5.73 Å². The molecule has 0 aromatic carbocycles. The van der Waals surface area contributed by atoms with Gasteiger partial charge in [0.25, 0.3) is 0 Å². The van der Waals surface area contributed by atoms with Crippen molar-refractivity contribution in [3.63, 3.8) is 0 Å². The van der Waals surface area contributed by atoms with Gasteiger partial charge in [0.1, 0.15) is 5.15 Å². The highest BCUT2D eigenvalue weighted by Crippen LogP contribution is 2.31. The van der Waals surface area contributed by atoms with E-state index in [9.17, 15) is 4.79 Å². The lowest BCUT2D eigenvalue weighted by atomic mass is 10.2. The number of carboxylic acid groups (broad SMARTS) is 1. The zero-order chi connectivity index (χ0) is 11.0. The fourth-order valence-electron chi connectivity index (χ4n) is 1.27. The molecular weight excluding hydrogens is 236 g/mol. The lowest BCUT2D eigenvalue weighted by Gasteiger charge is -1.96. The average Bonchev–Trinajstić information content (AvgIpc) is 2.61. The Balaban J connectivity index is 2.70. The first-order valence-electron chi connectivity index (χ1n) is 4.14. The number of hydrogen-bond donors (Lipinski definition) is 2. The molecule has 0 fully saturated rings. The Morgan fingerprint density at radius 3 is 2.93 bits per heavy atom. The SMILES string of the molecule is NCc1cc2cc(C(=O)O)nc(Cl)c2s1. The van der Waals surface area contributed by atoms with Gasteiger partial charge in [-0.25, -0.2) is 9.78 Å². The van der Waals surface area contributed by atoms with Gasteiger partial charge in [0.05, 0.1) is 4.70 Å². The van der Waals surface area contributed by atoms with Gasteiger partial charge in [-0.1, -0.05) is 11.6 Å². The minimum atomic E-state index is -1.08. The molecule has 0 unspecified atom stereocenters. The van der Waals surface area contributed by atoms with E-state index in [4.69, 9.17) is 22.4 Å². The molecule has 0 spiro atoms. The van der Waals surface area contributed by atoms with Crippen LogP contribution in [-0.4, -0.2) is 16.1 Å². The van der Waals surface area contributed by atoms with Gasteiger partial charge in [-0.15, -0.1) is 11.3 Å². The summed E-state index contributed by atoms with van der Waals surface area (Å²) in [5.41, 5.74) is 5.44. The molecule has 0 aliphatic heterocycles. The Hall–Kier alpha value is -1.17. The van der Waals surface area contributed by atoms with E-state index < -0.39 is 5.97 Å². The quantitative estimate of drug-likeness (QED) is 0.791. The monoisotopic (exact) mass is 242 g/mol. The number of halogens is 1. The van der Waals surface area contributed by atoms with E-state index in [-0.39, 0.29) is 10.8 Å². The summed E-state index contributed by atoms with van der Waals surface area (Å²) in [6, 6.07) is 3.33. The fraction of sp³-hybridized carbons (Fsp3) is 0.111. The van der Waals surface area contributed by atoms with Crippen molar-refractivity contribution in [1.29, 1.82) is 0 Å². The molecule has 0 atom stereocenters. The van der Waals surface area contributed by atoms with Crippen molar-refractivity contribution in [2.45, 2.75) is 6.54 Å². The van der Waals surface area contributed by atoms with Gasteiger partial charge in [0, 0.05) is 11.4 Å². The van der Waals surface area contributed by atoms with Crippen molar-refractivity contribution >= 4 is 39.0 Å². The van der Waals surface area contributed by atoms with Crippen LogP contribution in [0.1, 0.15) is 15.4 Å². The standard InChI is InChI=1S/C9H7ClN2O2S/c10-8-7-4(1-5(3-11)15-7)2-6(12-8)9(13)14/h1-2H,3,11H2,(H,13,14). The molecule has 0 aliphatic carbocycles. The summed E-state index contributed by atoms with van der Waals surface area (Å²) in [4.78, 5) is 15.5. The van der Waals surface area contributed by atoms with Gasteiger partial charge in [-0.3, -0.25) is 0 Å². The molecule has 15 heavy (non-hydrogen) atoms. The fourth-order valence-corrected chi connectivity index (χ4v) is 2.49. The van der Waals surface area contributed by atoms with E-state index in [0.717, 1.165) is 15.0 Å². The van der Waals surface area contributed by atoms with Gasteiger partial charge >= 0.3 is 5.97 Å². The van der Waals surface area contributed by atoms with Crippen LogP contribution in [0.25, 0.3) is 10.1 Å². The summed E-state index contributed by atoms with van der Waals surface area (Å²) in [6.07, 6.45) is 0. The van der Waals surface area contributed by atoms with E-state index in [2.05, 4.69) is 4.98 Å². The Labute approximate surface area is 94.3 Å². The van der Waals surface area contributed by atoms with Crippen LogP contribution in [0.3, 0.4) is 0 Å². The van der Waals surface area contributed by atoms with Crippen molar-refractivity contribution in [3.8, 4) is 0 Å². The van der Waals surface area contributed by atoms with Crippen LogP contribution in [-0.2, 0) is 6.54 Å². The van der Waals surface area contributed by atoms with Gasteiger partial charge < -0.3 is 10.8 Å². The molecule has 0 bridgehead atoms. The van der Waals surface area contributed by atoms with Gasteiger partial charge in [-0.05, 0) is 17.5 Å². The van der Waals surface area contributed by atoms with Crippen LogP contribution in [0.5, 0.6) is 0 Å². The lowest BCUT2D eigenvalue weighted by molar-refractivity contribution is 0.0691. The first-order chi connectivity index (χ1) is 7.11. The van der Waals surface area contributed by atoms with Crippen LogP contribution in [0.15, 0.2) is 12.1 Å². The third-order valence-corrected chi connectivity index (χ3v) is 3.50. The Kier molecular flexibility index (Phi) is 2.60. The van der Waals surface area contributed by atoms with Gasteiger partial charge in [0.15, 0.2) is 5.69 Å². The predicted octanol–water partition coefficient (Wildman–Crippen LogP) is 2.11. The molecule has 78 valence electrons. The summed E-state index contributed by atoms with van der Waals surface area (Å²) < 4.78 is 0.780. The van der Waals surface area contributed by atoms with Crippen molar-refractivity contribution in [2.24, 2.45) is 5.73 Å². The van der Waals surface area contributed by atoms with E-state index in [1.54, 1.807) is 0 Å². The maximum Gasteiger partial charge on any atom is 0.354 e. The second kappa shape index (κ2) is 3.77. The van der Waals surface area contributed by atoms with Crippen molar-refractivity contribution < 1.29 is 9.90 Å². The lowest BCUT2D eigenvalue weighted by Crippen LogP contribution is -1.99. The number of fused-ring (bicyclic) bond motifs is 1. The molecule has 3 N–H and O–H groups in total. The average molecular weight is 243 g/mol.